The molecule has 0 unspecified atom stereocenters. The fraction of sp³-hybridized carbons (Fsp3) is 0.0625. The molecule has 0 aliphatic carbocycles. The van der Waals surface area contributed by atoms with Crippen molar-refractivity contribution >= 4 is 46.3 Å². The van der Waals surface area contributed by atoms with E-state index < -0.39 is 0 Å². The van der Waals surface area contributed by atoms with Gasteiger partial charge in [-0.3, -0.25) is 0 Å². The van der Waals surface area contributed by atoms with Crippen molar-refractivity contribution in [2.45, 2.75) is 0 Å². The van der Waals surface area contributed by atoms with E-state index in [4.69, 9.17) is 27.9 Å². The lowest BCUT2D eigenvalue weighted by atomic mass is 10.3. The van der Waals surface area contributed by atoms with Gasteiger partial charge >= 0.3 is 0 Å². The van der Waals surface area contributed by atoms with Gasteiger partial charge in [-0.2, -0.15) is 10.1 Å². The van der Waals surface area contributed by atoms with Crippen molar-refractivity contribution < 1.29 is 4.74 Å². The van der Waals surface area contributed by atoms with Crippen LogP contribution in [0.15, 0.2) is 48.7 Å². The molecule has 0 spiro atoms. The van der Waals surface area contributed by atoms with Crippen LogP contribution >= 0.6 is 23.2 Å². The van der Waals surface area contributed by atoms with E-state index in [1.54, 1.807) is 31.4 Å². The number of rotatable bonds is 5. The largest absolute Gasteiger partial charge is 0.495 e. The second-order valence-electron chi connectivity index (χ2n) is 4.74. The molecule has 0 aliphatic heterocycles. The van der Waals surface area contributed by atoms with E-state index in [0.29, 0.717) is 33.2 Å². The first-order chi connectivity index (χ1) is 11.7. The fourth-order valence-corrected chi connectivity index (χ4v) is 2.37. The van der Waals surface area contributed by atoms with Gasteiger partial charge in [0.2, 0.25) is 5.95 Å². The first kappa shape index (κ1) is 16.3. The van der Waals surface area contributed by atoms with Crippen LogP contribution in [0.2, 0.25) is 10.0 Å². The Morgan fingerprint density at radius 3 is 2.62 bits per heavy atom. The molecule has 24 heavy (non-hydrogen) atoms. The number of nitrogens with zero attached hydrogens (tertiary/aromatic N) is 3. The van der Waals surface area contributed by atoms with Crippen molar-refractivity contribution in [2.75, 3.05) is 17.7 Å². The average molecular weight is 362 g/mol. The molecule has 122 valence electrons. The van der Waals surface area contributed by atoms with Gasteiger partial charge < -0.3 is 15.4 Å². The smallest absolute Gasteiger partial charge is 0.249 e. The third kappa shape index (κ3) is 3.84. The molecule has 0 bridgehead atoms. The van der Waals surface area contributed by atoms with Crippen molar-refractivity contribution in [3.63, 3.8) is 0 Å². The SMILES string of the molecule is COc1ccc(Cl)cc1Nc1nncc(Nc2ccccc2Cl)n1. The Kier molecular flexibility index (Phi) is 4.98. The minimum absolute atomic E-state index is 0.299. The molecular formula is C16H13Cl2N5O. The number of nitrogens with one attached hydrogen (secondary N) is 2. The van der Waals surface area contributed by atoms with E-state index in [2.05, 4.69) is 25.8 Å². The monoisotopic (exact) mass is 361 g/mol. The molecule has 0 aliphatic rings. The number of aromatic nitrogens is 3. The number of hydrogen-bond donors (Lipinski definition) is 2. The minimum atomic E-state index is 0.299. The molecular weight excluding hydrogens is 349 g/mol. The molecule has 0 fully saturated rings. The van der Waals surface area contributed by atoms with Crippen LogP contribution in [0.5, 0.6) is 5.75 Å². The van der Waals surface area contributed by atoms with Crippen molar-refractivity contribution in [3.8, 4) is 5.75 Å². The zero-order valence-corrected chi connectivity index (χ0v) is 14.1. The van der Waals surface area contributed by atoms with Gasteiger partial charge in [0.15, 0.2) is 5.82 Å². The third-order valence-electron chi connectivity index (χ3n) is 3.10. The highest BCUT2D eigenvalue weighted by Gasteiger charge is 2.08. The molecule has 8 heteroatoms. The number of methoxy groups -OCH3 is 1. The van der Waals surface area contributed by atoms with Gasteiger partial charge in [0, 0.05) is 5.02 Å². The lowest BCUT2D eigenvalue weighted by Gasteiger charge is -2.11. The second kappa shape index (κ2) is 7.33. The molecule has 2 N–H and O–H groups in total. The summed E-state index contributed by atoms with van der Waals surface area (Å²) in [6, 6.07) is 12.6. The van der Waals surface area contributed by atoms with Crippen LogP contribution in [0.3, 0.4) is 0 Å². The summed E-state index contributed by atoms with van der Waals surface area (Å²) < 4.78 is 5.28. The molecule has 0 amide bonds. The Labute approximate surface area is 148 Å². The van der Waals surface area contributed by atoms with Crippen LogP contribution in [0.1, 0.15) is 0 Å². The molecule has 3 aromatic rings. The molecule has 2 aromatic carbocycles. The number of anilines is 4. The number of halogens is 2. The van der Waals surface area contributed by atoms with Gasteiger partial charge in [-0.25, -0.2) is 0 Å². The summed E-state index contributed by atoms with van der Waals surface area (Å²) >= 11 is 12.1. The Morgan fingerprint density at radius 1 is 1.00 bits per heavy atom. The predicted molar refractivity (Wildman–Crippen MR) is 95.8 cm³/mol. The lowest BCUT2D eigenvalue weighted by molar-refractivity contribution is 0.417. The molecule has 3 rings (SSSR count). The van der Waals surface area contributed by atoms with Crippen LogP contribution < -0.4 is 15.4 Å². The number of hydrogen-bond acceptors (Lipinski definition) is 6. The Balaban J connectivity index is 1.84. The zero-order valence-electron chi connectivity index (χ0n) is 12.6. The minimum Gasteiger partial charge on any atom is -0.495 e. The highest BCUT2D eigenvalue weighted by molar-refractivity contribution is 6.33. The molecule has 0 atom stereocenters. The zero-order chi connectivity index (χ0) is 16.9. The van der Waals surface area contributed by atoms with Crippen LogP contribution in [0, 0.1) is 0 Å². The predicted octanol–water partition coefficient (Wildman–Crippen LogP) is 4.67. The summed E-state index contributed by atoms with van der Waals surface area (Å²) in [5.41, 5.74) is 1.37. The lowest BCUT2D eigenvalue weighted by Crippen LogP contribution is -2.03. The first-order valence-electron chi connectivity index (χ1n) is 6.97. The Hall–Kier alpha value is -2.57. The van der Waals surface area contributed by atoms with E-state index in [9.17, 15) is 0 Å². The van der Waals surface area contributed by atoms with E-state index in [1.165, 1.54) is 6.20 Å². The van der Waals surface area contributed by atoms with Gasteiger partial charge in [0.05, 0.1) is 29.7 Å². The molecule has 0 saturated carbocycles. The van der Waals surface area contributed by atoms with Gasteiger partial charge in [0.1, 0.15) is 5.75 Å². The van der Waals surface area contributed by atoms with E-state index >= 15 is 0 Å². The van der Waals surface area contributed by atoms with Crippen LogP contribution in [0.25, 0.3) is 0 Å². The topological polar surface area (TPSA) is 72.0 Å². The normalized spacial score (nSPS) is 10.3. The highest BCUT2D eigenvalue weighted by atomic mass is 35.5. The Morgan fingerprint density at radius 2 is 1.83 bits per heavy atom. The van der Waals surface area contributed by atoms with E-state index in [-0.39, 0.29) is 0 Å². The summed E-state index contributed by atoms with van der Waals surface area (Å²) in [5.74, 6) is 1.42. The molecule has 0 saturated heterocycles. The summed E-state index contributed by atoms with van der Waals surface area (Å²) in [7, 11) is 1.57. The summed E-state index contributed by atoms with van der Waals surface area (Å²) in [5, 5.41) is 15.2. The third-order valence-corrected chi connectivity index (χ3v) is 3.67. The Bertz CT molecular complexity index is 859. The van der Waals surface area contributed by atoms with Crippen LogP contribution in [-0.2, 0) is 0 Å². The number of benzene rings is 2. The van der Waals surface area contributed by atoms with Gasteiger partial charge in [-0.1, -0.05) is 35.3 Å². The van der Waals surface area contributed by atoms with Crippen molar-refractivity contribution in [1.29, 1.82) is 0 Å². The van der Waals surface area contributed by atoms with Crippen LogP contribution in [0.4, 0.5) is 23.1 Å². The maximum absolute atomic E-state index is 6.13. The quantitative estimate of drug-likeness (QED) is 0.687. The standard InChI is InChI=1S/C16H13Cl2N5O/c1-24-14-7-6-10(17)8-13(14)21-16-22-15(9-19-23-16)20-12-5-3-2-4-11(12)18/h2-9H,1H3,(H2,20,21,22,23). The van der Waals surface area contributed by atoms with Crippen molar-refractivity contribution in [1.82, 2.24) is 15.2 Å². The summed E-state index contributed by atoms with van der Waals surface area (Å²) in [6.45, 7) is 0. The molecule has 1 aromatic heterocycles. The molecule has 0 radical (unpaired) electrons. The van der Waals surface area contributed by atoms with Crippen molar-refractivity contribution in [2.24, 2.45) is 0 Å². The number of para-hydroxylation sites is 1. The number of ether oxygens (including phenoxy) is 1. The maximum atomic E-state index is 6.13. The summed E-state index contributed by atoms with van der Waals surface area (Å²) in [6.07, 6.45) is 1.50. The van der Waals surface area contributed by atoms with Gasteiger partial charge in [-0.15, -0.1) is 5.10 Å². The van der Waals surface area contributed by atoms with Gasteiger partial charge in [-0.05, 0) is 30.3 Å². The van der Waals surface area contributed by atoms with E-state index in [0.717, 1.165) is 5.69 Å². The highest BCUT2D eigenvalue weighted by Crippen LogP contribution is 2.30. The maximum Gasteiger partial charge on any atom is 0.249 e. The summed E-state index contributed by atoms with van der Waals surface area (Å²) in [4.78, 5) is 4.36. The van der Waals surface area contributed by atoms with Crippen molar-refractivity contribution in [3.05, 3.63) is 58.7 Å². The molecule has 1 heterocycles. The second-order valence-corrected chi connectivity index (χ2v) is 5.58. The molecule has 6 nitrogen and oxygen atoms in total. The average Bonchev–Trinajstić information content (AvgIpc) is 2.58. The van der Waals surface area contributed by atoms with Gasteiger partial charge in [0.25, 0.3) is 0 Å². The van der Waals surface area contributed by atoms with E-state index in [1.807, 2.05) is 18.2 Å². The first-order valence-corrected chi connectivity index (χ1v) is 7.73. The van der Waals surface area contributed by atoms with Crippen LogP contribution in [-0.4, -0.2) is 22.3 Å². The fourth-order valence-electron chi connectivity index (χ4n) is 2.02.